The van der Waals surface area contributed by atoms with Crippen LogP contribution < -0.4 is 5.32 Å². The maximum absolute atomic E-state index is 10.9. The molecule has 1 aliphatic rings. The first-order valence-electron chi connectivity index (χ1n) is 3.66. The van der Waals surface area contributed by atoms with E-state index in [-0.39, 0.29) is 12.0 Å². The van der Waals surface area contributed by atoms with Gasteiger partial charge in [0.25, 0.3) is 0 Å². The predicted molar refractivity (Wildman–Crippen MR) is 37.7 cm³/mol. The van der Waals surface area contributed by atoms with Crippen molar-refractivity contribution in [2.75, 3.05) is 13.7 Å². The number of rotatable bonds is 1. The van der Waals surface area contributed by atoms with Crippen LogP contribution in [0.25, 0.3) is 0 Å². The SMILES string of the molecule is COC(=O)[C@H]1CCCCN1. The Hall–Kier alpha value is -0.570. The molecule has 0 aromatic heterocycles. The molecule has 1 fully saturated rings. The molecule has 10 heavy (non-hydrogen) atoms. The monoisotopic (exact) mass is 143 g/mol. The van der Waals surface area contributed by atoms with Crippen molar-refractivity contribution in [1.82, 2.24) is 5.32 Å². The lowest BCUT2D eigenvalue weighted by atomic mass is 10.1. The summed E-state index contributed by atoms with van der Waals surface area (Å²) in [7, 11) is 1.43. The fraction of sp³-hybridized carbons (Fsp3) is 0.857. The minimum atomic E-state index is -0.125. The van der Waals surface area contributed by atoms with E-state index < -0.39 is 0 Å². The topological polar surface area (TPSA) is 38.3 Å². The summed E-state index contributed by atoms with van der Waals surface area (Å²) >= 11 is 0. The van der Waals surface area contributed by atoms with Crippen LogP contribution >= 0.6 is 0 Å². The quantitative estimate of drug-likeness (QED) is 0.536. The molecule has 0 bridgehead atoms. The van der Waals surface area contributed by atoms with E-state index in [2.05, 4.69) is 10.1 Å². The van der Waals surface area contributed by atoms with Gasteiger partial charge in [0.15, 0.2) is 0 Å². The Balaban J connectivity index is 2.31. The second-order valence-electron chi connectivity index (χ2n) is 2.53. The minimum absolute atomic E-state index is 0.0428. The molecule has 1 heterocycles. The summed E-state index contributed by atoms with van der Waals surface area (Å²) in [5.41, 5.74) is 0. The highest BCUT2D eigenvalue weighted by atomic mass is 16.5. The lowest BCUT2D eigenvalue weighted by molar-refractivity contribution is -0.143. The van der Waals surface area contributed by atoms with Crippen LogP contribution in [-0.2, 0) is 9.53 Å². The zero-order chi connectivity index (χ0) is 7.40. The summed E-state index contributed by atoms with van der Waals surface area (Å²) in [6.07, 6.45) is 3.23. The first-order valence-corrected chi connectivity index (χ1v) is 3.66. The predicted octanol–water partition coefficient (Wildman–Crippen LogP) is 0.301. The number of carbonyl (C=O) groups is 1. The zero-order valence-corrected chi connectivity index (χ0v) is 6.22. The standard InChI is InChI=1S/C7H13NO2/c1-10-7(9)6-4-2-3-5-8-6/h6,8H,2-5H2,1H3/t6-/m1/s1. The van der Waals surface area contributed by atoms with E-state index in [1.165, 1.54) is 13.5 Å². The van der Waals surface area contributed by atoms with Crippen molar-refractivity contribution in [3.63, 3.8) is 0 Å². The third kappa shape index (κ3) is 1.70. The van der Waals surface area contributed by atoms with E-state index in [0.29, 0.717) is 0 Å². The third-order valence-electron chi connectivity index (χ3n) is 1.80. The van der Waals surface area contributed by atoms with Crippen LogP contribution in [0.3, 0.4) is 0 Å². The summed E-state index contributed by atoms with van der Waals surface area (Å²) in [5, 5.41) is 3.10. The van der Waals surface area contributed by atoms with Crippen molar-refractivity contribution in [3.8, 4) is 0 Å². The Kier molecular flexibility index (Phi) is 2.68. The fourth-order valence-corrected chi connectivity index (χ4v) is 1.20. The lowest BCUT2D eigenvalue weighted by Gasteiger charge is -2.20. The summed E-state index contributed by atoms with van der Waals surface area (Å²) in [5.74, 6) is -0.125. The molecule has 1 N–H and O–H groups in total. The van der Waals surface area contributed by atoms with E-state index >= 15 is 0 Å². The van der Waals surface area contributed by atoms with Crippen molar-refractivity contribution >= 4 is 5.97 Å². The normalized spacial score (nSPS) is 25.9. The lowest BCUT2D eigenvalue weighted by Crippen LogP contribution is -2.40. The molecule has 0 saturated carbocycles. The smallest absolute Gasteiger partial charge is 0.322 e. The number of hydrogen-bond acceptors (Lipinski definition) is 3. The molecule has 1 atom stereocenters. The Morgan fingerprint density at radius 3 is 2.90 bits per heavy atom. The fourth-order valence-electron chi connectivity index (χ4n) is 1.20. The number of carbonyl (C=O) groups excluding carboxylic acids is 1. The van der Waals surface area contributed by atoms with Crippen LogP contribution in [0.5, 0.6) is 0 Å². The Bertz CT molecular complexity index is 119. The maximum atomic E-state index is 10.9. The highest BCUT2D eigenvalue weighted by Gasteiger charge is 2.20. The summed E-state index contributed by atoms with van der Waals surface area (Å²) in [6, 6.07) is -0.0428. The van der Waals surface area contributed by atoms with Crippen LogP contribution in [0.15, 0.2) is 0 Å². The molecule has 0 spiro atoms. The van der Waals surface area contributed by atoms with Crippen LogP contribution in [0.1, 0.15) is 19.3 Å². The third-order valence-corrected chi connectivity index (χ3v) is 1.80. The molecule has 1 aliphatic heterocycles. The number of piperidine rings is 1. The van der Waals surface area contributed by atoms with Crippen molar-refractivity contribution in [2.45, 2.75) is 25.3 Å². The molecule has 0 aromatic rings. The van der Waals surface area contributed by atoms with Gasteiger partial charge in [0.05, 0.1) is 7.11 Å². The number of esters is 1. The average Bonchev–Trinajstić information content (AvgIpc) is 2.05. The molecule has 0 aliphatic carbocycles. The second-order valence-corrected chi connectivity index (χ2v) is 2.53. The molecule has 0 amide bonds. The van der Waals surface area contributed by atoms with Gasteiger partial charge in [-0.2, -0.15) is 0 Å². The molecule has 1 rings (SSSR count). The van der Waals surface area contributed by atoms with Crippen molar-refractivity contribution in [2.24, 2.45) is 0 Å². The number of nitrogens with one attached hydrogen (secondary N) is 1. The molecule has 0 aromatic carbocycles. The van der Waals surface area contributed by atoms with Crippen molar-refractivity contribution in [1.29, 1.82) is 0 Å². The minimum Gasteiger partial charge on any atom is -0.468 e. The molecule has 0 unspecified atom stereocenters. The molecular formula is C7H13NO2. The highest BCUT2D eigenvalue weighted by Crippen LogP contribution is 2.07. The Labute approximate surface area is 60.7 Å². The van der Waals surface area contributed by atoms with Crippen molar-refractivity contribution < 1.29 is 9.53 Å². The number of ether oxygens (including phenoxy) is 1. The Morgan fingerprint density at radius 2 is 2.40 bits per heavy atom. The van der Waals surface area contributed by atoms with Crippen LogP contribution in [0, 0.1) is 0 Å². The average molecular weight is 143 g/mol. The first-order chi connectivity index (χ1) is 4.84. The highest BCUT2D eigenvalue weighted by molar-refractivity contribution is 5.75. The van der Waals surface area contributed by atoms with Gasteiger partial charge < -0.3 is 10.1 Å². The molecular weight excluding hydrogens is 130 g/mol. The van der Waals surface area contributed by atoms with Crippen LogP contribution in [-0.4, -0.2) is 25.7 Å². The zero-order valence-electron chi connectivity index (χ0n) is 6.22. The molecule has 58 valence electrons. The van der Waals surface area contributed by atoms with Gasteiger partial charge in [-0.25, -0.2) is 0 Å². The van der Waals surface area contributed by atoms with E-state index in [9.17, 15) is 4.79 Å². The van der Waals surface area contributed by atoms with Gasteiger partial charge in [-0.1, -0.05) is 6.42 Å². The molecule has 0 radical (unpaired) electrons. The number of hydrogen-bond donors (Lipinski definition) is 1. The van der Waals surface area contributed by atoms with Gasteiger partial charge in [-0.15, -0.1) is 0 Å². The largest absolute Gasteiger partial charge is 0.468 e. The van der Waals surface area contributed by atoms with Gasteiger partial charge in [0.2, 0.25) is 0 Å². The second kappa shape index (κ2) is 3.56. The van der Waals surface area contributed by atoms with E-state index in [0.717, 1.165) is 19.4 Å². The van der Waals surface area contributed by atoms with Gasteiger partial charge in [0, 0.05) is 0 Å². The Morgan fingerprint density at radius 1 is 1.60 bits per heavy atom. The van der Waals surface area contributed by atoms with Crippen LogP contribution in [0.2, 0.25) is 0 Å². The molecule has 3 nitrogen and oxygen atoms in total. The van der Waals surface area contributed by atoms with Gasteiger partial charge >= 0.3 is 5.97 Å². The van der Waals surface area contributed by atoms with E-state index in [1.807, 2.05) is 0 Å². The molecule has 1 saturated heterocycles. The van der Waals surface area contributed by atoms with E-state index in [4.69, 9.17) is 0 Å². The summed E-state index contributed by atoms with van der Waals surface area (Å²) in [6.45, 7) is 0.944. The summed E-state index contributed by atoms with van der Waals surface area (Å²) < 4.78 is 4.59. The van der Waals surface area contributed by atoms with Crippen LogP contribution in [0.4, 0.5) is 0 Å². The van der Waals surface area contributed by atoms with Gasteiger partial charge in [0.1, 0.15) is 6.04 Å². The first kappa shape index (κ1) is 7.54. The van der Waals surface area contributed by atoms with Gasteiger partial charge in [-0.3, -0.25) is 4.79 Å². The maximum Gasteiger partial charge on any atom is 0.322 e. The number of methoxy groups -OCH3 is 1. The van der Waals surface area contributed by atoms with Gasteiger partial charge in [-0.05, 0) is 19.4 Å². The molecule has 3 heteroatoms. The summed E-state index contributed by atoms with van der Waals surface area (Å²) in [4.78, 5) is 10.9. The van der Waals surface area contributed by atoms with Crippen molar-refractivity contribution in [3.05, 3.63) is 0 Å². The van der Waals surface area contributed by atoms with E-state index in [1.54, 1.807) is 0 Å².